The number of hydrogen-bond donors (Lipinski definition) is 0. The summed E-state index contributed by atoms with van der Waals surface area (Å²) in [6.07, 6.45) is 2.81. The van der Waals surface area contributed by atoms with Gasteiger partial charge < -0.3 is 4.74 Å². The van der Waals surface area contributed by atoms with Crippen LogP contribution in [0.4, 0.5) is 0 Å². The molecule has 1 aliphatic rings. The second-order valence-electron chi connectivity index (χ2n) is 2.87. The molecule has 0 spiro atoms. The molecule has 1 nitrogen and oxygen atoms in total. The van der Waals surface area contributed by atoms with Crippen LogP contribution >= 0.6 is 34.2 Å². The Kier molecular flexibility index (Phi) is 2.46. The Bertz CT molecular complexity index is 297. The Morgan fingerprint density at radius 1 is 1.42 bits per heavy atom. The number of rotatable bonds is 2. The van der Waals surface area contributed by atoms with Gasteiger partial charge in [0.25, 0.3) is 0 Å². The van der Waals surface area contributed by atoms with Gasteiger partial charge in [0.1, 0.15) is 5.75 Å². The lowest BCUT2D eigenvalue weighted by Crippen LogP contribution is -1.97. The van der Waals surface area contributed by atoms with E-state index in [1.165, 1.54) is 12.8 Å². The Morgan fingerprint density at radius 2 is 2.17 bits per heavy atom. The smallest absolute Gasteiger partial charge is 0.134 e. The first-order valence-corrected chi connectivity index (χ1v) is 5.34. The summed E-state index contributed by atoms with van der Waals surface area (Å²) in [5.74, 6) is 0.922. The zero-order chi connectivity index (χ0) is 8.55. The Morgan fingerprint density at radius 3 is 2.83 bits per heavy atom. The van der Waals surface area contributed by atoms with Crippen LogP contribution in [0.2, 0.25) is 5.02 Å². The fourth-order valence-corrected chi connectivity index (χ4v) is 1.59. The fourth-order valence-electron chi connectivity index (χ4n) is 0.940. The maximum Gasteiger partial charge on any atom is 0.134 e. The molecular formula is C9H8ClIO. The fraction of sp³-hybridized carbons (Fsp3) is 0.333. The minimum Gasteiger partial charge on any atom is -0.489 e. The molecule has 0 saturated heterocycles. The summed E-state index contributed by atoms with van der Waals surface area (Å²) in [7, 11) is 0. The van der Waals surface area contributed by atoms with Gasteiger partial charge in [-0.25, -0.2) is 0 Å². The predicted molar refractivity (Wildman–Crippen MR) is 57.8 cm³/mol. The molecule has 1 aromatic carbocycles. The van der Waals surface area contributed by atoms with Gasteiger partial charge in [-0.05, 0) is 47.6 Å². The van der Waals surface area contributed by atoms with Crippen LogP contribution in [0.3, 0.4) is 0 Å². The van der Waals surface area contributed by atoms with Gasteiger partial charge in [0.2, 0.25) is 0 Å². The normalized spacial score (nSPS) is 16.2. The number of hydrogen-bond acceptors (Lipinski definition) is 1. The minimum atomic E-state index is 0.442. The van der Waals surface area contributed by atoms with E-state index in [0.29, 0.717) is 6.10 Å². The van der Waals surface area contributed by atoms with Crippen LogP contribution in [-0.2, 0) is 0 Å². The van der Waals surface area contributed by atoms with Gasteiger partial charge >= 0.3 is 0 Å². The van der Waals surface area contributed by atoms with Gasteiger partial charge in [-0.3, -0.25) is 0 Å². The third-order valence-corrected chi connectivity index (χ3v) is 3.48. The van der Waals surface area contributed by atoms with Crippen LogP contribution in [0.1, 0.15) is 12.8 Å². The highest BCUT2D eigenvalue weighted by molar-refractivity contribution is 14.1. The summed E-state index contributed by atoms with van der Waals surface area (Å²) in [6.45, 7) is 0. The molecule has 0 bridgehead atoms. The van der Waals surface area contributed by atoms with Crippen molar-refractivity contribution in [3.8, 4) is 5.75 Å². The summed E-state index contributed by atoms with van der Waals surface area (Å²) in [5.41, 5.74) is 0. The summed E-state index contributed by atoms with van der Waals surface area (Å²) >= 11 is 8.14. The average Bonchev–Trinajstić information content (AvgIpc) is 2.83. The van der Waals surface area contributed by atoms with Crippen LogP contribution in [0.25, 0.3) is 0 Å². The van der Waals surface area contributed by atoms with Crippen LogP contribution in [0.5, 0.6) is 5.75 Å². The largest absolute Gasteiger partial charge is 0.489 e. The molecule has 3 heteroatoms. The quantitative estimate of drug-likeness (QED) is 0.759. The lowest BCUT2D eigenvalue weighted by Gasteiger charge is -2.06. The molecule has 0 aromatic heterocycles. The van der Waals surface area contributed by atoms with Gasteiger partial charge in [-0.1, -0.05) is 17.7 Å². The summed E-state index contributed by atoms with van der Waals surface area (Å²) in [4.78, 5) is 0. The van der Waals surface area contributed by atoms with E-state index < -0.39 is 0 Å². The minimum absolute atomic E-state index is 0.442. The molecular weight excluding hydrogens is 286 g/mol. The van der Waals surface area contributed by atoms with Gasteiger partial charge in [0.15, 0.2) is 0 Å². The third kappa shape index (κ3) is 1.85. The van der Waals surface area contributed by atoms with Crippen molar-refractivity contribution in [2.45, 2.75) is 18.9 Å². The first-order chi connectivity index (χ1) is 5.77. The van der Waals surface area contributed by atoms with Crippen molar-refractivity contribution in [1.82, 2.24) is 0 Å². The first kappa shape index (κ1) is 8.63. The predicted octanol–water partition coefficient (Wildman–Crippen LogP) is 3.49. The van der Waals surface area contributed by atoms with Crippen LogP contribution in [0, 0.1) is 3.57 Å². The van der Waals surface area contributed by atoms with Gasteiger partial charge in [-0.15, -0.1) is 0 Å². The standard InChI is InChI=1S/C9H8ClIO/c10-7-2-1-3-8(9(7)11)12-6-4-5-6/h1-3,6H,4-5H2. The van der Waals surface area contributed by atoms with E-state index in [2.05, 4.69) is 22.6 Å². The molecule has 1 aromatic rings. The van der Waals surface area contributed by atoms with E-state index >= 15 is 0 Å². The molecule has 1 fully saturated rings. The van der Waals surface area contributed by atoms with Gasteiger partial charge in [0, 0.05) is 0 Å². The van der Waals surface area contributed by atoms with E-state index in [9.17, 15) is 0 Å². The van der Waals surface area contributed by atoms with Crippen molar-refractivity contribution < 1.29 is 4.74 Å². The molecule has 0 radical (unpaired) electrons. The Hall–Kier alpha value is 0.0400. The highest BCUT2D eigenvalue weighted by atomic mass is 127. The van der Waals surface area contributed by atoms with Crippen molar-refractivity contribution in [3.05, 3.63) is 26.8 Å². The first-order valence-electron chi connectivity index (χ1n) is 3.88. The number of ether oxygens (including phenoxy) is 1. The lowest BCUT2D eigenvalue weighted by molar-refractivity contribution is 0.301. The van der Waals surface area contributed by atoms with Crippen molar-refractivity contribution in [2.24, 2.45) is 0 Å². The molecule has 12 heavy (non-hydrogen) atoms. The van der Waals surface area contributed by atoms with Crippen LogP contribution in [0.15, 0.2) is 18.2 Å². The number of benzene rings is 1. The monoisotopic (exact) mass is 294 g/mol. The highest BCUT2D eigenvalue weighted by Gasteiger charge is 2.24. The van der Waals surface area contributed by atoms with Crippen LogP contribution in [-0.4, -0.2) is 6.10 Å². The Balaban J connectivity index is 2.23. The van der Waals surface area contributed by atoms with Crippen molar-refractivity contribution in [1.29, 1.82) is 0 Å². The summed E-state index contributed by atoms with van der Waals surface area (Å²) < 4.78 is 6.66. The van der Waals surface area contributed by atoms with E-state index in [1.807, 2.05) is 18.2 Å². The molecule has 1 aliphatic carbocycles. The SMILES string of the molecule is Clc1cccc(OC2CC2)c1I. The summed E-state index contributed by atoms with van der Waals surface area (Å²) in [6, 6.07) is 5.76. The Labute approximate surface area is 90.2 Å². The second kappa shape index (κ2) is 3.42. The molecule has 0 N–H and O–H groups in total. The van der Waals surface area contributed by atoms with Crippen molar-refractivity contribution in [3.63, 3.8) is 0 Å². The lowest BCUT2D eigenvalue weighted by atomic mass is 10.3. The van der Waals surface area contributed by atoms with Crippen molar-refractivity contribution in [2.75, 3.05) is 0 Å². The highest BCUT2D eigenvalue weighted by Crippen LogP contribution is 2.33. The van der Waals surface area contributed by atoms with Gasteiger partial charge in [0.05, 0.1) is 14.7 Å². The van der Waals surface area contributed by atoms with Crippen LogP contribution < -0.4 is 4.74 Å². The maximum absolute atomic E-state index is 5.93. The molecule has 0 heterocycles. The van der Waals surface area contributed by atoms with Gasteiger partial charge in [-0.2, -0.15) is 0 Å². The topological polar surface area (TPSA) is 9.23 Å². The van der Waals surface area contributed by atoms with Crippen molar-refractivity contribution >= 4 is 34.2 Å². The molecule has 0 amide bonds. The molecule has 0 atom stereocenters. The molecule has 64 valence electrons. The maximum atomic E-state index is 5.93. The third-order valence-electron chi connectivity index (χ3n) is 1.73. The molecule has 0 aliphatic heterocycles. The van der Waals surface area contributed by atoms with E-state index in [1.54, 1.807) is 0 Å². The summed E-state index contributed by atoms with van der Waals surface area (Å²) in [5, 5.41) is 0.772. The van der Waals surface area contributed by atoms with E-state index in [0.717, 1.165) is 14.3 Å². The zero-order valence-electron chi connectivity index (χ0n) is 6.39. The molecule has 1 saturated carbocycles. The van der Waals surface area contributed by atoms with E-state index in [-0.39, 0.29) is 0 Å². The molecule has 0 unspecified atom stereocenters. The van der Waals surface area contributed by atoms with E-state index in [4.69, 9.17) is 16.3 Å². The zero-order valence-corrected chi connectivity index (χ0v) is 9.30. The second-order valence-corrected chi connectivity index (χ2v) is 4.36. The number of halogens is 2. The average molecular weight is 295 g/mol. The molecule has 2 rings (SSSR count).